The molecule has 198 valence electrons. The quantitative estimate of drug-likeness (QED) is 0.435. The third kappa shape index (κ3) is 8.55. The Morgan fingerprint density at radius 2 is 1.78 bits per heavy atom. The normalized spacial score (nSPS) is 12.2. The van der Waals surface area contributed by atoms with Crippen molar-refractivity contribution in [2.75, 3.05) is 24.2 Å². The Bertz CT molecular complexity index is 1130. The second kappa shape index (κ2) is 13.3. The number of carbonyl (C=O) groups excluding carboxylic acids is 2. The van der Waals surface area contributed by atoms with Gasteiger partial charge in [-0.15, -0.1) is 0 Å². The molecule has 1 atom stereocenters. The molecule has 0 heterocycles. The third-order valence-corrected chi connectivity index (χ3v) is 6.94. The predicted octanol–water partition coefficient (Wildman–Crippen LogP) is 3.88. The molecule has 0 saturated carbocycles. The molecule has 0 aromatic heterocycles. The summed E-state index contributed by atoms with van der Waals surface area (Å²) in [6.45, 7) is 7.94. The Morgan fingerprint density at radius 3 is 2.36 bits per heavy atom. The number of methoxy groups -OCH3 is 1. The minimum atomic E-state index is -3.53. The fourth-order valence-corrected chi connectivity index (χ4v) is 5.01. The van der Waals surface area contributed by atoms with Crippen LogP contribution >= 0.6 is 0 Å². The van der Waals surface area contributed by atoms with Gasteiger partial charge in [0.2, 0.25) is 21.8 Å². The van der Waals surface area contributed by atoms with E-state index in [-0.39, 0.29) is 37.4 Å². The van der Waals surface area contributed by atoms with Crippen LogP contribution < -0.4 is 14.4 Å². The summed E-state index contributed by atoms with van der Waals surface area (Å²) in [6.07, 6.45) is 2.03. The molecule has 2 aromatic rings. The average molecular weight is 518 g/mol. The lowest BCUT2D eigenvalue weighted by molar-refractivity contribution is -0.141. The molecule has 0 saturated heterocycles. The molecule has 2 aromatic carbocycles. The van der Waals surface area contributed by atoms with E-state index >= 15 is 0 Å². The lowest BCUT2D eigenvalue weighted by atomic mass is 10.1. The fourth-order valence-electron chi connectivity index (χ4n) is 4.05. The van der Waals surface area contributed by atoms with E-state index in [9.17, 15) is 18.0 Å². The van der Waals surface area contributed by atoms with Crippen molar-refractivity contribution in [1.82, 2.24) is 10.2 Å². The fraction of sp³-hybridized carbons (Fsp3) is 0.481. The summed E-state index contributed by atoms with van der Waals surface area (Å²) in [7, 11) is -1.95. The first-order valence-corrected chi connectivity index (χ1v) is 14.1. The molecule has 2 rings (SSSR count). The molecule has 8 nitrogen and oxygen atoms in total. The molecule has 0 spiro atoms. The third-order valence-electron chi connectivity index (χ3n) is 5.75. The molecule has 0 unspecified atom stereocenters. The number of amides is 2. The highest BCUT2D eigenvalue weighted by Gasteiger charge is 2.29. The van der Waals surface area contributed by atoms with Gasteiger partial charge in [-0.3, -0.25) is 13.9 Å². The number of sulfonamides is 1. The molecular formula is C27H39N3O5S. The largest absolute Gasteiger partial charge is 0.497 e. The van der Waals surface area contributed by atoms with Gasteiger partial charge in [0.15, 0.2) is 0 Å². The minimum Gasteiger partial charge on any atom is -0.497 e. The van der Waals surface area contributed by atoms with E-state index in [1.54, 1.807) is 24.1 Å². The van der Waals surface area contributed by atoms with Crippen molar-refractivity contribution >= 4 is 27.5 Å². The highest BCUT2D eigenvalue weighted by atomic mass is 32.2. The zero-order valence-electron chi connectivity index (χ0n) is 22.2. The number of ether oxygens (including phenoxy) is 1. The topological polar surface area (TPSA) is 96.0 Å². The van der Waals surface area contributed by atoms with Gasteiger partial charge in [-0.1, -0.05) is 31.2 Å². The van der Waals surface area contributed by atoms with Crippen molar-refractivity contribution in [3.8, 4) is 5.75 Å². The molecule has 36 heavy (non-hydrogen) atoms. The Labute approximate surface area is 215 Å². The first-order chi connectivity index (χ1) is 17.0. The van der Waals surface area contributed by atoms with Crippen LogP contribution in [0.25, 0.3) is 0 Å². The van der Waals surface area contributed by atoms with Crippen molar-refractivity contribution in [1.29, 1.82) is 0 Å². The van der Waals surface area contributed by atoms with Crippen molar-refractivity contribution in [2.45, 2.75) is 65.6 Å². The monoisotopic (exact) mass is 517 g/mol. The van der Waals surface area contributed by atoms with Crippen LogP contribution in [-0.2, 0) is 26.2 Å². The van der Waals surface area contributed by atoms with E-state index in [2.05, 4.69) is 5.32 Å². The molecule has 0 bridgehead atoms. The van der Waals surface area contributed by atoms with Crippen LogP contribution in [-0.4, -0.2) is 57.1 Å². The second-order valence-electron chi connectivity index (χ2n) is 9.24. The SMILES string of the molecule is CC[C@H](C(=O)NC(C)C)N(Cc1cccc(OC)c1)C(=O)CCCN(c1cccc(C)c1)S(C)(=O)=O. The van der Waals surface area contributed by atoms with Gasteiger partial charge < -0.3 is 15.0 Å². The average Bonchev–Trinajstić information content (AvgIpc) is 2.80. The van der Waals surface area contributed by atoms with Crippen LogP contribution in [0.2, 0.25) is 0 Å². The molecule has 9 heteroatoms. The first kappa shape index (κ1) is 29.2. The molecule has 0 aliphatic carbocycles. The molecule has 0 fully saturated rings. The Balaban J connectivity index is 2.24. The highest BCUT2D eigenvalue weighted by molar-refractivity contribution is 7.92. The van der Waals surface area contributed by atoms with Crippen LogP contribution in [0.15, 0.2) is 48.5 Å². The van der Waals surface area contributed by atoms with E-state index < -0.39 is 16.1 Å². The maximum Gasteiger partial charge on any atom is 0.243 e. The maximum atomic E-state index is 13.5. The van der Waals surface area contributed by atoms with E-state index in [1.165, 1.54) is 4.31 Å². The smallest absolute Gasteiger partial charge is 0.243 e. The molecule has 2 amide bonds. The van der Waals surface area contributed by atoms with E-state index in [1.807, 2.05) is 64.1 Å². The Hall–Kier alpha value is -3.07. The Kier molecular flexibility index (Phi) is 10.8. The lowest BCUT2D eigenvalue weighted by Gasteiger charge is -2.31. The lowest BCUT2D eigenvalue weighted by Crippen LogP contribution is -2.50. The van der Waals surface area contributed by atoms with Crippen LogP contribution in [0, 0.1) is 6.92 Å². The number of aryl methyl sites for hydroxylation is 1. The summed E-state index contributed by atoms with van der Waals surface area (Å²) in [5, 5.41) is 2.91. The van der Waals surface area contributed by atoms with Gasteiger partial charge in [-0.25, -0.2) is 8.42 Å². The predicted molar refractivity (Wildman–Crippen MR) is 144 cm³/mol. The number of anilines is 1. The van der Waals surface area contributed by atoms with E-state index in [4.69, 9.17) is 4.74 Å². The van der Waals surface area contributed by atoms with Crippen LogP contribution in [0.3, 0.4) is 0 Å². The van der Waals surface area contributed by atoms with Gasteiger partial charge in [0.25, 0.3) is 0 Å². The Morgan fingerprint density at radius 1 is 1.08 bits per heavy atom. The van der Waals surface area contributed by atoms with E-state index in [0.29, 0.717) is 24.3 Å². The number of nitrogens with zero attached hydrogens (tertiary/aromatic N) is 2. The maximum absolute atomic E-state index is 13.5. The van der Waals surface area contributed by atoms with Gasteiger partial charge in [0.1, 0.15) is 11.8 Å². The minimum absolute atomic E-state index is 0.0574. The van der Waals surface area contributed by atoms with Gasteiger partial charge in [0, 0.05) is 25.6 Å². The summed E-state index contributed by atoms with van der Waals surface area (Å²) in [5.74, 6) is 0.254. The summed E-state index contributed by atoms with van der Waals surface area (Å²) < 4.78 is 31.6. The van der Waals surface area contributed by atoms with Crippen LogP contribution in [0.5, 0.6) is 5.75 Å². The number of hydrogen-bond acceptors (Lipinski definition) is 5. The summed E-state index contributed by atoms with van der Waals surface area (Å²) in [4.78, 5) is 28.0. The van der Waals surface area contributed by atoms with Crippen LogP contribution in [0.4, 0.5) is 5.69 Å². The summed E-state index contributed by atoms with van der Waals surface area (Å²) in [6, 6.07) is 14.0. The van der Waals surface area contributed by atoms with Crippen molar-refractivity contribution in [3.05, 3.63) is 59.7 Å². The zero-order valence-corrected chi connectivity index (χ0v) is 23.0. The molecule has 0 aliphatic rings. The molecular weight excluding hydrogens is 478 g/mol. The van der Waals surface area contributed by atoms with Gasteiger partial charge >= 0.3 is 0 Å². The van der Waals surface area contributed by atoms with Crippen LogP contribution in [0.1, 0.15) is 51.2 Å². The number of hydrogen-bond donors (Lipinski definition) is 1. The summed E-state index contributed by atoms with van der Waals surface area (Å²) >= 11 is 0. The first-order valence-electron chi connectivity index (χ1n) is 12.2. The summed E-state index contributed by atoms with van der Waals surface area (Å²) in [5.41, 5.74) is 2.36. The van der Waals surface area contributed by atoms with Crippen molar-refractivity contribution < 1.29 is 22.7 Å². The van der Waals surface area contributed by atoms with Crippen molar-refractivity contribution in [3.63, 3.8) is 0 Å². The molecule has 1 N–H and O–H groups in total. The van der Waals surface area contributed by atoms with E-state index in [0.717, 1.165) is 17.4 Å². The second-order valence-corrected chi connectivity index (χ2v) is 11.1. The molecule has 0 aliphatic heterocycles. The highest BCUT2D eigenvalue weighted by Crippen LogP contribution is 2.21. The number of carbonyl (C=O) groups is 2. The van der Waals surface area contributed by atoms with Crippen molar-refractivity contribution in [2.24, 2.45) is 0 Å². The van der Waals surface area contributed by atoms with Gasteiger partial charge in [-0.2, -0.15) is 0 Å². The number of benzene rings is 2. The number of rotatable bonds is 13. The zero-order chi connectivity index (χ0) is 26.9. The van der Waals surface area contributed by atoms with Gasteiger partial charge in [-0.05, 0) is 69.0 Å². The standard InChI is InChI=1S/C27H39N3O5S/c1-7-25(27(32)28-20(2)3)29(19-22-12-9-14-24(18-22)35-5)26(31)15-10-16-30(36(6,33)34)23-13-8-11-21(4)17-23/h8-9,11-14,17-18,20,25H,7,10,15-16,19H2,1-6H3,(H,28,32)/t25-/m1/s1. The van der Waals surface area contributed by atoms with Gasteiger partial charge in [0.05, 0.1) is 19.1 Å². The number of nitrogens with one attached hydrogen (secondary N) is 1. The molecule has 0 radical (unpaired) electrons.